The Morgan fingerprint density at radius 2 is 2.04 bits per heavy atom. The van der Waals surface area contributed by atoms with Gasteiger partial charge in [0, 0.05) is 24.5 Å². The Bertz CT molecular complexity index is 754. The van der Waals surface area contributed by atoms with Crippen LogP contribution in [0.3, 0.4) is 0 Å². The number of imidazole rings is 1. The number of hydrogen-bond acceptors (Lipinski definition) is 1. The second-order valence-corrected chi connectivity index (χ2v) is 5.71. The molecule has 3 rings (SSSR count). The average Bonchev–Trinajstić information content (AvgIpc) is 2.97. The highest BCUT2D eigenvalue weighted by molar-refractivity contribution is 5.71. The van der Waals surface area contributed by atoms with Gasteiger partial charge in [-0.05, 0) is 24.5 Å². The van der Waals surface area contributed by atoms with E-state index in [1.54, 1.807) is 12.3 Å². The van der Waals surface area contributed by atoms with Gasteiger partial charge < -0.3 is 4.57 Å². The first kappa shape index (κ1) is 15.6. The molecule has 0 aliphatic heterocycles. The monoisotopic (exact) mass is 318 g/mol. The van der Waals surface area contributed by atoms with E-state index in [0.717, 1.165) is 5.57 Å². The smallest absolute Gasteiger partial charge is 0.327 e. The van der Waals surface area contributed by atoms with Crippen molar-refractivity contribution < 1.29 is 13.2 Å². The van der Waals surface area contributed by atoms with Crippen LogP contribution in [-0.2, 0) is 6.54 Å². The summed E-state index contributed by atoms with van der Waals surface area (Å²) in [5, 5.41) is 0. The molecule has 0 saturated heterocycles. The van der Waals surface area contributed by atoms with Crippen LogP contribution in [0.5, 0.6) is 0 Å². The fourth-order valence-electron chi connectivity index (χ4n) is 2.70. The Hall–Kier alpha value is -2.30. The predicted octanol–water partition coefficient (Wildman–Crippen LogP) is 4.76. The summed E-state index contributed by atoms with van der Waals surface area (Å²) in [7, 11) is 0. The van der Waals surface area contributed by atoms with Gasteiger partial charge in [0.25, 0.3) is 0 Å². The maximum atomic E-state index is 12.7. The minimum absolute atomic E-state index is 0.0352. The molecule has 2 aromatic rings. The molecule has 1 aliphatic rings. The van der Waals surface area contributed by atoms with E-state index < -0.39 is 12.1 Å². The molecule has 1 aromatic heterocycles. The zero-order valence-electron chi connectivity index (χ0n) is 12.7. The fraction of sp³-hybridized carbons (Fsp3) is 0.278. The van der Waals surface area contributed by atoms with Crippen LogP contribution in [0.4, 0.5) is 13.2 Å². The van der Waals surface area contributed by atoms with E-state index in [4.69, 9.17) is 0 Å². The van der Waals surface area contributed by atoms with Gasteiger partial charge in [-0.15, -0.1) is 0 Å². The summed E-state index contributed by atoms with van der Waals surface area (Å²) in [6.07, 6.45) is 3.68. The van der Waals surface area contributed by atoms with Gasteiger partial charge in [0.15, 0.2) is 0 Å². The topological polar surface area (TPSA) is 17.8 Å². The largest absolute Gasteiger partial charge is 0.395 e. The molecule has 120 valence electrons. The van der Waals surface area contributed by atoms with Gasteiger partial charge in [0.1, 0.15) is 5.82 Å². The van der Waals surface area contributed by atoms with Crippen LogP contribution < -0.4 is 0 Å². The first-order chi connectivity index (χ1) is 10.9. The van der Waals surface area contributed by atoms with Crippen molar-refractivity contribution in [1.82, 2.24) is 9.55 Å². The third kappa shape index (κ3) is 3.38. The number of aromatic nitrogens is 2. The van der Waals surface area contributed by atoms with Crippen molar-refractivity contribution in [3.05, 3.63) is 71.8 Å². The molecule has 1 aliphatic carbocycles. The van der Waals surface area contributed by atoms with Crippen molar-refractivity contribution >= 4 is 5.57 Å². The number of halogens is 3. The zero-order valence-corrected chi connectivity index (χ0v) is 12.7. The first-order valence-electron chi connectivity index (χ1n) is 7.46. The Morgan fingerprint density at radius 3 is 2.70 bits per heavy atom. The summed E-state index contributed by atoms with van der Waals surface area (Å²) in [4.78, 5) is 4.32. The highest BCUT2D eigenvalue weighted by Gasteiger charge is 2.37. The van der Waals surface area contributed by atoms with Gasteiger partial charge in [0.05, 0.1) is 5.92 Å². The number of allylic oxidation sites excluding steroid dienone is 4. The van der Waals surface area contributed by atoms with Gasteiger partial charge in [0.2, 0.25) is 0 Å². The van der Waals surface area contributed by atoms with Gasteiger partial charge in [-0.1, -0.05) is 42.5 Å². The number of nitrogens with zero attached hydrogens (tertiary/aromatic N) is 2. The van der Waals surface area contributed by atoms with Crippen LogP contribution in [0.2, 0.25) is 0 Å². The van der Waals surface area contributed by atoms with Crippen molar-refractivity contribution in [2.45, 2.75) is 26.1 Å². The minimum atomic E-state index is -4.19. The third-order valence-electron chi connectivity index (χ3n) is 4.10. The van der Waals surface area contributed by atoms with E-state index in [0.29, 0.717) is 12.4 Å². The Kier molecular flexibility index (Phi) is 4.11. The summed E-state index contributed by atoms with van der Waals surface area (Å²) in [5.41, 5.74) is 3.09. The second-order valence-electron chi connectivity index (χ2n) is 5.71. The van der Waals surface area contributed by atoms with Crippen LogP contribution >= 0.6 is 0 Å². The molecular formula is C18H17F3N2. The van der Waals surface area contributed by atoms with Crippen molar-refractivity contribution in [3.8, 4) is 0 Å². The standard InChI is InChI=1S/C18H17F3N2/c1-13-4-2-3-5-15(13)12-23-11-10-22-17(23)14-6-8-16(9-7-14)18(19,20)21/h2-8,10-11,16H,9,12H2,1H3. The summed E-state index contributed by atoms with van der Waals surface area (Å²) >= 11 is 0. The van der Waals surface area contributed by atoms with Gasteiger partial charge in [-0.25, -0.2) is 4.98 Å². The molecule has 0 amide bonds. The van der Waals surface area contributed by atoms with Crippen molar-refractivity contribution in [2.75, 3.05) is 0 Å². The Labute approximate surface area is 133 Å². The molecule has 0 bridgehead atoms. The zero-order chi connectivity index (χ0) is 16.4. The summed E-state index contributed by atoms with van der Waals surface area (Å²) in [6.45, 7) is 2.69. The lowest BCUT2D eigenvalue weighted by Gasteiger charge is -2.19. The molecule has 1 aromatic carbocycles. The van der Waals surface area contributed by atoms with Crippen LogP contribution in [0, 0.1) is 12.8 Å². The lowest BCUT2D eigenvalue weighted by molar-refractivity contribution is -0.160. The molecule has 2 nitrogen and oxygen atoms in total. The molecule has 1 unspecified atom stereocenters. The third-order valence-corrected chi connectivity index (χ3v) is 4.10. The first-order valence-corrected chi connectivity index (χ1v) is 7.46. The number of aryl methyl sites for hydroxylation is 1. The fourth-order valence-corrected chi connectivity index (χ4v) is 2.70. The van der Waals surface area contributed by atoms with E-state index in [2.05, 4.69) is 4.98 Å². The normalized spacial score (nSPS) is 18.1. The van der Waals surface area contributed by atoms with Crippen LogP contribution in [0.25, 0.3) is 5.57 Å². The number of hydrogen-bond donors (Lipinski definition) is 0. The summed E-state index contributed by atoms with van der Waals surface area (Å²) < 4.78 is 40.1. The molecule has 23 heavy (non-hydrogen) atoms. The van der Waals surface area contributed by atoms with Crippen molar-refractivity contribution in [3.63, 3.8) is 0 Å². The Morgan fingerprint density at radius 1 is 1.26 bits per heavy atom. The molecule has 1 heterocycles. The maximum Gasteiger partial charge on any atom is 0.395 e. The maximum absolute atomic E-state index is 12.7. The van der Waals surface area contributed by atoms with E-state index in [-0.39, 0.29) is 6.42 Å². The van der Waals surface area contributed by atoms with Crippen LogP contribution in [0.1, 0.15) is 23.4 Å². The highest BCUT2D eigenvalue weighted by Crippen LogP contribution is 2.34. The van der Waals surface area contributed by atoms with Crippen LogP contribution in [0.15, 0.2) is 54.9 Å². The number of benzene rings is 1. The van der Waals surface area contributed by atoms with Crippen molar-refractivity contribution in [2.24, 2.45) is 5.92 Å². The summed E-state index contributed by atoms with van der Waals surface area (Å²) in [5.74, 6) is -0.698. The van der Waals surface area contributed by atoms with E-state index in [1.807, 2.05) is 42.0 Å². The number of rotatable bonds is 3. The molecule has 5 heteroatoms. The molecular weight excluding hydrogens is 301 g/mol. The average molecular weight is 318 g/mol. The lowest BCUT2D eigenvalue weighted by Crippen LogP contribution is -2.21. The predicted molar refractivity (Wildman–Crippen MR) is 83.8 cm³/mol. The number of alkyl halides is 3. The van der Waals surface area contributed by atoms with Crippen LogP contribution in [-0.4, -0.2) is 15.7 Å². The van der Waals surface area contributed by atoms with Crippen molar-refractivity contribution in [1.29, 1.82) is 0 Å². The quantitative estimate of drug-likeness (QED) is 0.797. The van der Waals surface area contributed by atoms with E-state index >= 15 is 0 Å². The molecule has 0 saturated carbocycles. The summed E-state index contributed by atoms with van der Waals surface area (Å²) in [6, 6.07) is 8.05. The second kappa shape index (κ2) is 6.07. The lowest BCUT2D eigenvalue weighted by atomic mass is 9.96. The molecule has 0 radical (unpaired) electrons. The van der Waals surface area contributed by atoms with Gasteiger partial charge in [-0.2, -0.15) is 13.2 Å². The molecule has 1 atom stereocenters. The Balaban J connectivity index is 1.82. The van der Waals surface area contributed by atoms with Gasteiger partial charge >= 0.3 is 6.18 Å². The molecule has 0 N–H and O–H groups in total. The SMILES string of the molecule is Cc1ccccc1Cn1ccnc1C1=CCC(C(F)(F)F)C=C1. The van der Waals surface area contributed by atoms with Gasteiger partial charge in [-0.3, -0.25) is 0 Å². The van der Waals surface area contributed by atoms with E-state index in [9.17, 15) is 13.2 Å². The molecule has 0 fully saturated rings. The minimum Gasteiger partial charge on any atom is -0.327 e. The highest BCUT2D eigenvalue weighted by atomic mass is 19.4. The van der Waals surface area contributed by atoms with E-state index in [1.165, 1.54) is 23.3 Å². The molecule has 0 spiro atoms.